The maximum absolute atomic E-state index is 14.3. The Hall–Kier alpha value is -1.52. The molecule has 1 aromatic heterocycles. The molecule has 5 heteroatoms. The lowest BCUT2D eigenvalue weighted by molar-refractivity contribution is 0.621. The van der Waals surface area contributed by atoms with Gasteiger partial charge < -0.3 is 0 Å². The van der Waals surface area contributed by atoms with Crippen LogP contribution in [0.3, 0.4) is 0 Å². The Morgan fingerprint density at radius 3 is 2.62 bits per heavy atom. The SMILES string of the molecule is Cc1cccc(-c2nc(Cl)c3ccc(Br)c(C)c3n2)c1F. The van der Waals surface area contributed by atoms with E-state index in [1.165, 1.54) is 0 Å². The van der Waals surface area contributed by atoms with Crippen LogP contribution in [0.2, 0.25) is 5.15 Å². The van der Waals surface area contributed by atoms with Gasteiger partial charge in [-0.2, -0.15) is 0 Å². The molecule has 3 aromatic rings. The van der Waals surface area contributed by atoms with Crippen LogP contribution in [0.1, 0.15) is 11.1 Å². The van der Waals surface area contributed by atoms with E-state index in [0.717, 1.165) is 20.9 Å². The van der Waals surface area contributed by atoms with Crippen molar-refractivity contribution in [2.24, 2.45) is 0 Å². The second-order valence-electron chi connectivity index (χ2n) is 4.84. The first kappa shape index (κ1) is 14.4. The predicted molar refractivity (Wildman–Crippen MR) is 87.1 cm³/mol. The molecule has 0 spiro atoms. The summed E-state index contributed by atoms with van der Waals surface area (Å²) in [6.45, 7) is 3.65. The fourth-order valence-electron chi connectivity index (χ4n) is 2.21. The normalized spacial score (nSPS) is 11.1. The van der Waals surface area contributed by atoms with Gasteiger partial charge in [0, 0.05) is 9.86 Å². The Bertz CT molecular complexity index is 865. The Kier molecular flexibility index (Phi) is 3.68. The molecule has 0 aliphatic carbocycles. The van der Waals surface area contributed by atoms with Crippen LogP contribution in [0, 0.1) is 19.7 Å². The molecule has 0 aliphatic heterocycles. The predicted octanol–water partition coefficient (Wildman–Crippen LogP) is 5.47. The molecule has 3 rings (SSSR count). The fourth-order valence-corrected chi connectivity index (χ4v) is 2.76. The van der Waals surface area contributed by atoms with E-state index in [9.17, 15) is 4.39 Å². The van der Waals surface area contributed by atoms with Crippen molar-refractivity contribution in [3.05, 3.63) is 56.9 Å². The first-order valence-corrected chi connectivity index (χ1v) is 7.54. The van der Waals surface area contributed by atoms with Crippen LogP contribution < -0.4 is 0 Å². The zero-order valence-electron chi connectivity index (χ0n) is 11.4. The molecule has 0 unspecified atom stereocenters. The van der Waals surface area contributed by atoms with Crippen LogP contribution in [0.5, 0.6) is 0 Å². The van der Waals surface area contributed by atoms with E-state index in [-0.39, 0.29) is 5.82 Å². The summed E-state index contributed by atoms with van der Waals surface area (Å²) in [6.07, 6.45) is 0. The van der Waals surface area contributed by atoms with Crippen LogP contribution >= 0.6 is 27.5 Å². The van der Waals surface area contributed by atoms with E-state index in [0.29, 0.717) is 22.1 Å². The number of aryl methyl sites for hydroxylation is 2. The zero-order valence-corrected chi connectivity index (χ0v) is 13.8. The first-order chi connectivity index (χ1) is 9.99. The largest absolute Gasteiger partial charge is 0.227 e. The van der Waals surface area contributed by atoms with Crippen molar-refractivity contribution in [2.45, 2.75) is 13.8 Å². The molecule has 0 aliphatic rings. The van der Waals surface area contributed by atoms with Gasteiger partial charge in [-0.25, -0.2) is 14.4 Å². The minimum Gasteiger partial charge on any atom is -0.227 e. The molecule has 0 atom stereocenters. The van der Waals surface area contributed by atoms with Gasteiger partial charge in [0.05, 0.1) is 11.1 Å². The summed E-state index contributed by atoms with van der Waals surface area (Å²) in [5.74, 6) is -0.0181. The van der Waals surface area contributed by atoms with Gasteiger partial charge in [-0.3, -0.25) is 0 Å². The first-order valence-electron chi connectivity index (χ1n) is 6.37. The lowest BCUT2D eigenvalue weighted by atomic mass is 10.1. The van der Waals surface area contributed by atoms with Crippen molar-refractivity contribution in [3.8, 4) is 11.4 Å². The van der Waals surface area contributed by atoms with Crippen molar-refractivity contribution in [3.63, 3.8) is 0 Å². The lowest BCUT2D eigenvalue weighted by Gasteiger charge is -2.09. The topological polar surface area (TPSA) is 25.8 Å². The van der Waals surface area contributed by atoms with Gasteiger partial charge in [-0.05, 0) is 43.2 Å². The quantitative estimate of drug-likeness (QED) is 0.534. The third-order valence-electron chi connectivity index (χ3n) is 3.44. The fraction of sp³-hybridized carbons (Fsp3) is 0.125. The molecule has 0 N–H and O–H groups in total. The van der Waals surface area contributed by atoms with Crippen LogP contribution in [0.15, 0.2) is 34.8 Å². The average Bonchev–Trinajstić information content (AvgIpc) is 2.46. The molecule has 0 bridgehead atoms. The smallest absolute Gasteiger partial charge is 0.164 e. The summed E-state index contributed by atoms with van der Waals surface area (Å²) in [5, 5.41) is 1.08. The van der Waals surface area contributed by atoms with Crippen molar-refractivity contribution in [1.29, 1.82) is 0 Å². The van der Waals surface area contributed by atoms with Crippen LogP contribution in [0.25, 0.3) is 22.3 Å². The Balaban J connectivity index is 2.35. The molecule has 0 amide bonds. The third-order valence-corrected chi connectivity index (χ3v) is 4.59. The van der Waals surface area contributed by atoms with E-state index < -0.39 is 0 Å². The zero-order chi connectivity index (χ0) is 15.1. The minimum absolute atomic E-state index is 0.301. The molecule has 2 aromatic carbocycles. The maximum Gasteiger partial charge on any atom is 0.164 e. The Morgan fingerprint density at radius 1 is 1.10 bits per heavy atom. The maximum atomic E-state index is 14.3. The lowest BCUT2D eigenvalue weighted by Crippen LogP contribution is -1.97. The molecule has 0 saturated carbocycles. The molecule has 1 heterocycles. The van der Waals surface area contributed by atoms with Crippen molar-refractivity contribution < 1.29 is 4.39 Å². The van der Waals surface area contributed by atoms with Crippen molar-refractivity contribution in [2.75, 3.05) is 0 Å². The van der Waals surface area contributed by atoms with E-state index in [1.54, 1.807) is 25.1 Å². The van der Waals surface area contributed by atoms with Gasteiger partial charge >= 0.3 is 0 Å². The highest BCUT2D eigenvalue weighted by molar-refractivity contribution is 9.10. The number of fused-ring (bicyclic) bond motifs is 1. The van der Waals surface area contributed by atoms with Crippen LogP contribution in [0.4, 0.5) is 4.39 Å². The standard InChI is InChI=1S/C16H11BrClFN2/c1-8-4-3-5-10(13(8)19)16-20-14-9(2)12(17)7-6-11(14)15(18)21-16/h3-7H,1-2H3. The molecule has 106 valence electrons. The second kappa shape index (κ2) is 5.35. The molecule has 2 nitrogen and oxygen atoms in total. The second-order valence-corrected chi connectivity index (χ2v) is 6.06. The summed E-state index contributed by atoms with van der Waals surface area (Å²) in [4.78, 5) is 8.75. The minimum atomic E-state index is -0.319. The average molecular weight is 366 g/mol. The van der Waals surface area contributed by atoms with Gasteiger partial charge in [-0.1, -0.05) is 39.7 Å². The van der Waals surface area contributed by atoms with Gasteiger partial charge in [0.15, 0.2) is 5.82 Å². The Labute approximate surface area is 135 Å². The van der Waals surface area contributed by atoms with E-state index in [1.807, 2.05) is 19.1 Å². The summed E-state index contributed by atoms with van der Waals surface area (Å²) in [6, 6.07) is 8.91. The number of nitrogens with zero attached hydrogens (tertiary/aromatic N) is 2. The molecular formula is C16H11BrClFN2. The monoisotopic (exact) mass is 364 g/mol. The van der Waals surface area contributed by atoms with Crippen molar-refractivity contribution in [1.82, 2.24) is 9.97 Å². The molecular weight excluding hydrogens is 355 g/mol. The third kappa shape index (κ3) is 2.43. The summed E-state index contributed by atoms with van der Waals surface area (Å²) >= 11 is 9.71. The number of benzene rings is 2. The highest BCUT2D eigenvalue weighted by Crippen LogP contribution is 2.31. The van der Waals surface area contributed by atoms with Crippen molar-refractivity contribution >= 4 is 38.4 Å². The molecule has 0 fully saturated rings. The van der Waals surface area contributed by atoms with E-state index >= 15 is 0 Å². The number of rotatable bonds is 1. The van der Waals surface area contributed by atoms with Crippen LogP contribution in [-0.2, 0) is 0 Å². The summed E-state index contributed by atoms with van der Waals surface area (Å²) < 4.78 is 15.2. The van der Waals surface area contributed by atoms with Gasteiger partial charge in [0.2, 0.25) is 0 Å². The number of hydrogen-bond acceptors (Lipinski definition) is 2. The highest BCUT2D eigenvalue weighted by atomic mass is 79.9. The van der Waals surface area contributed by atoms with E-state index in [2.05, 4.69) is 25.9 Å². The molecule has 0 saturated heterocycles. The van der Waals surface area contributed by atoms with Gasteiger partial charge in [0.25, 0.3) is 0 Å². The molecule has 0 radical (unpaired) electrons. The number of hydrogen-bond donors (Lipinski definition) is 0. The molecule has 21 heavy (non-hydrogen) atoms. The number of halogens is 3. The Morgan fingerprint density at radius 2 is 1.86 bits per heavy atom. The summed E-state index contributed by atoms with van der Waals surface area (Å²) in [5.41, 5.74) is 2.59. The van der Waals surface area contributed by atoms with Gasteiger partial charge in [0.1, 0.15) is 11.0 Å². The van der Waals surface area contributed by atoms with Gasteiger partial charge in [-0.15, -0.1) is 0 Å². The number of aromatic nitrogens is 2. The summed E-state index contributed by atoms with van der Waals surface area (Å²) in [7, 11) is 0. The van der Waals surface area contributed by atoms with E-state index in [4.69, 9.17) is 11.6 Å². The van der Waals surface area contributed by atoms with Crippen LogP contribution in [-0.4, -0.2) is 9.97 Å². The highest BCUT2D eigenvalue weighted by Gasteiger charge is 2.14.